The number of hydrogen-bond acceptors (Lipinski definition) is 11. The van der Waals surface area contributed by atoms with Crippen LogP contribution in [0.4, 0.5) is 34.1 Å². The number of ether oxygens (including phenoxy) is 1. The minimum atomic E-state index is -1.66. The molecule has 330 valence electrons. The van der Waals surface area contributed by atoms with Gasteiger partial charge in [-0.25, -0.2) is 0 Å². The number of amides is 4. The van der Waals surface area contributed by atoms with E-state index in [2.05, 4.69) is 41.7 Å². The van der Waals surface area contributed by atoms with Gasteiger partial charge in [0.15, 0.2) is 11.6 Å². The number of Topliss-reactive ketones (excluding diaryl/α,β-unsaturated/α-hetero) is 2. The van der Waals surface area contributed by atoms with Gasteiger partial charge >= 0.3 is 0 Å². The van der Waals surface area contributed by atoms with Gasteiger partial charge in [-0.3, -0.25) is 28.8 Å². The highest BCUT2D eigenvalue weighted by Crippen LogP contribution is 2.33. The van der Waals surface area contributed by atoms with E-state index < -0.39 is 47.3 Å². The lowest BCUT2D eigenvalue weighted by Gasteiger charge is -2.16. The molecule has 0 fully saturated rings. The minimum absolute atomic E-state index is 0.0120. The molecular formula is C44H37Cl5N8O7. The highest BCUT2D eigenvalue weighted by molar-refractivity contribution is 6.37. The maximum absolute atomic E-state index is 13.5. The van der Waals surface area contributed by atoms with E-state index in [1.54, 1.807) is 48.5 Å². The lowest BCUT2D eigenvalue weighted by atomic mass is 10.1. The fraction of sp³-hybridized carbons (Fsp3) is 0.182. The van der Waals surface area contributed by atoms with Crippen LogP contribution in [0.25, 0.3) is 0 Å². The molecule has 5 aromatic carbocycles. The van der Waals surface area contributed by atoms with E-state index in [9.17, 15) is 28.8 Å². The van der Waals surface area contributed by atoms with Crippen molar-refractivity contribution < 1.29 is 33.5 Å². The van der Waals surface area contributed by atoms with Crippen LogP contribution < -0.4 is 26.0 Å². The molecule has 5 aromatic rings. The summed E-state index contributed by atoms with van der Waals surface area (Å²) in [6.45, 7) is 2.25. The average molecular weight is 967 g/mol. The number of halogens is 5. The summed E-state index contributed by atoms with van der Waals surface area (Å²) in [6.07, 6.45) is 0. The van der Waals surface area contributed by atoms with Crippen molar-refractivity contribution in [2.45, 2.75) is 37.7 Å². The van der Waals surface area contributed by atoms with E-state index >= 15 is 0 Å². The predicted molar refractivity (Wildman–Crippen MR) is 249 cm³/mol. The molecular weight excluding hydrogens is 930 g/mol. The fourth-order valence-electron chi connectivity index (χ4n) is 5.70. The normalized spacial score (nSPS) is 12.0. The SMILES string of the molecule is CC(=O)C(N=Nc1cccc(C(=O)Nc2ccccc2CCl)c1Cl)C(=O)Nc1ccc(NC(=O)C(N=Nc2cccc(C(=O)Nc3ccccc3CCl)c2Cl)C(C)=O)c(OCCCl)c1. The van der Waals surface area contributed by atoms with Crippen LogP contribution in [0, 0.1) is 0 Å². The van der Waals surface area contributed by atoms with Crippen molar-refractivity contribution in [3.05, 3.63) is 135 Å². The van der Waals surface area contributed by atoms with Crippen LogP contribution in [0.2, 0.25) is 10.0 Å². The predicted octanol–water partition coefficient (Wildman–Crippen LogP) is 11.0. The van der Waals surface area contributed by atoms with Crippen molar-refractivity contribution in [3.8, 4) is 5.75 Å². The van der Waals surface area contributed by atoms with Crippen molar-refractivity contribution in [1.82, 2.24) is 0 Å². The Hall–Kier alpha value is -6.23. The first-order valence-corrected chi connectivity index (χ1v) is 21.4. The standard InChI is InChI=1S/C44H37Cl5N8O7/c1-24(58)39(56-54-34-15-7-11-29(37(34)48)41(60)51-31-13-5-3-9-26(31)22-46)43(62)50-28-17-18-33(36(21-28)64-20-19-45)53-44(63)40(25(2)59)57-55-35-16-8-12-30(38(35)49)42(61)52-32-14-6-4-10-27(32)23-47/h3-18,21,39-40H,19-20,22-23H2,1-2H3,(H,50,62)(H,51,60)(H,52,61)(H,53,63). The van der Waals surface area contributed by atoms with Crippen LogP contribution in [0.15, 0.2) is 124 Å². The smallest absolute Gasteiger partial charge is 0.258 e. The zero-order chi connectivity index (χ0) is 46.3. The molecule has 4 N–H and O–H groups in total. The van der Waals surface area contributed by atoms with Crippen molar-refractivity contribution in [3.63, 3.8) is 0 Å². The number of carbonyl (C=O) groups excluding carboxylic acids is 6. The zero-order valence-electron chi connectivity index (χ0n) is 33.8. The number of ketones is 2. The summed E-state index contributed by atoms with van der Waals surface area (Å²) in [4.78, 5) is 78.5. The second-order valence-corrected chi connectivity index (χ2v) is 15.1. The van der Waals surface area contributed by atoms with Crippen LogP contribution in [0.1, 0.15) is 45.7 Å². The number of nitrogens with one attached hydrogen (secondary N) is 4. The van der Waals surface area contributed by atoms with Crippen LogP contribution >= 0.6 is 58.0 Å². The monoisotopic (exact) mass is 964 g/mol. The number of alkyl halides is 3. The largest absolute Gasteiger partial charge is 0.490 e. The van der Waals surface area contributed by atoms with Gasteiger partial charge in [-0.05, 0) is 73.5 Å². The Kier molecular flexibility index (Phi) is 17.9. The van der Waals surface area contributed by atoms with Gasteiger partial charge in [0.2, 0.25) is 12.1 Å². The maximum atomic E-state index is 13.5. The number of para-hydroxylation sites is 2. The van der Waals surface area contributed by atoms with Gasteiger partial charge in [0.05, 0.1) is 32.7 Å². The number of carbonyl (C=O) groups is 6. The first-order chi connectivity index (χ1) is 30.8. The molecule has 2 atom stereocenters. The molecule has 0 bridgehead atoms. The molecule has 20 heteroatoms. The lowest BCUT2D eigenvalue weighted by molar-refractivity contribution is -0.127. The fourth-order valence-corrected chi connectivity index (χ4v) is 6.74. The molecule has 0 aliphatic carbocycles. The topological polar surface area (TPSA) is 209 Å². The van der Waals surface area contributed by atoms with Gasteiger partial charge in [0.1, 0.15) is 23.7 Å². The zero-order valence-corrected chi connectivity index (χ0v) is 37.6. The lowest BCUT2D eigenvalue weighted by Crippen LogP contribution is -2.32. The van der Waals surface area contributed by atoms with Crippen LogP contribution in [-0.4, -0.2) is 59.8 Å². The van der Waals surface area contributed by atoms with Gasteiger partial charge in [-0.2, -0.15) is 20.5 Å². The number of anilines is 4. The van der Waals surface area contributed by atoms with E-state index in [4.69, 9.17) is 62.7 Å². The average Bonchev–Trinajstić information content (AvgIpc) is 3.27. The van der Waals surface area contributed by atoms with Gasteiger partial charge in [-0.15, -0.1) is 34.8 Å². The van der Waals surface area contributed by atoms with E-state index in [0.717, 1.165) is 13.8 Å². The molecule has 0 radical (unpaired) electrons. The molecule has 5 rings (SSSR count). The summed E-state index contributed by atoms with van der Waals surface area (Å²) in [6, 6.07) is 23.6. The summed E-state index contributed by atoms with van der Waals surface area (Å²) < 4.78 is 5.73. The summed E-state index contributed by atoms with van der Waals surface area (Å²) >= 11 is 31.0. The van der Waals surface area contributed by atoms with Crippen molar-refractivity contribution in [1.29, 1.82) is 0 Å². The molecule has 4 amide bonds. The summed E-state index contributed by atoms with van der Waals surface area (Å²) in [5.74, 6) is -3.82. The van der Waals surface area contributed by atoms with Crippen LogP contribution in [0.5, 0.6) is 5.75 Å². The Labute approximate surface area is 391 Å². The summed E-state index contributed by atoms with van der Waals surface area (Å²) in [5, 5.41) is 26.5. The Balaban J connectivity index is 1.30. The molecule has 0 saturated heterocycles. The number of azo groups is 2. The van der Waals surface area contributed by atoms with Gasteiger partial charge in [-0.1, -0.05) is 71.7 Å². The van der Waals surface area contributed by atoms with E-state index in [1.165, 1.54) is 54.6 Å². The second-order valence-electron chi connectivity index (χ2n) is 13.5. The molecule has 0 spiro atoms. The van der Waals surface area contributed by atoms with Crippen LogP contribution in [-0.2, 0) is 30.9 Å². The van der Waals surface area contributed by atoms with E-state index in [-0.39, 0.29) is 73.9 Å². The Bertz CT molecular complexity index is 2650. The van der Waals surface area contributed by atoms with Crippen molar-refractivity contribution >= 4 is 127 Å². The first kappa shape index (κ1) is 48.8. The quantitative estimate of drug-likeness (QED) is 0.0357. The number of nitrogens with zero attached hydrogens (tertiary/aromatic N) is 4. The highest BCUT2D eigenvalue weighted by Gasteiger charge is 2.27. The molecule has 0 aromatic heterocycles. The maximum Gasteiger partial charge on any atom is 0.258 e. The number of hydrogen-bond donors (Lipinski definition) is 4. The second kappa shape index (κ2) is 23.5. The highest BCUT2D eigenvalue weighted by atomic mass is 35.5. The Morgan fingerprint density at radius 3 is 1.48 bits per heavy atom. The van der Waals surface area contributed by atoms with Crippen LogP contribution in [0.3, 0.4) is 0 Å². The third-order valence-corrected chi connectivity index (χ3v) is 10.5. The van der Waals surface area contributed by atoms with Gasteiger partial charge in [0, 0.05) is 34.9 Å². The summed E-state index contributed by atoms with van der Waals surface area (Å²) in [7, 11) is 0. The molecule has 64 heavy (non-hydrogen) atoms. The third-order valence-electron chi connectivity index (χ3n) is 8.94. The first-order valence-electron chi connectivity index (χ1n) is 19.0. The van der Waals surface area contributed by atoms with Gasteiger partial charge < -0.3 is 26.0 Å². The van der Waals surface area contributed by atoms with Crippen molar-refractivity contribution in [2.75, 3.05) is 33.8 Å². The van der Waals surface area contributed by atoms with E-state index in [1.807, 2.05) is 0 Å². The Morgan fingerprint density at radius 2 is 1.03 bits per heavy atom. The molecule has 0 heterocycles. The summed E-state index contributed by atoms with van der Waals surface area (Å²) in [5.41, 5.74) is 2.70. The Morgan fingerprint density at radius 1 is 0.562 bits per heavy atom. The molecule has 0 saturated carbocycles. The molecule has 15 nitrogen and oxygen atoms in total. The van der Waals surface area contributed by atoms with Crippen molar-refractivity contribution in [2.24, 2.45) is 20.5 Å². The molecule has 2 unspecified atom stereocenters. The molecule has 0 aliphatic rings. The van der Waals surface area contributed by atoms with Gasteiger partial charge in [0.25, 0.3) is 23.6 Å². The molecule has 0 aliphatic heterocycles. The minimum Gasteiger partial charge on any atom is -0.490 e. The number of benzene rings is 5. The number of rotatable bonds is 19. The third kappa shape index (κ3) is 12.7. The van der Waals surface area contributed by atoms with E-state index in [0.29, 0.717) is 22.5 Å².